The lowest BCUT2D eigenvalue weighted by molar-refractivity contribution is 0.346. The molecule has 0 spiro atoms. The van der Waals surface area contributed by atoms with E-state index >= 15 is 0 Å². The molecule has 0 atom stereocenters. The van der Waals surface area contributed by atoms with Gasteiger partial charge in [-0.2, -0.15) is 4.31 Å². The van der Waals surface area contributed by atoms with Gasteiger partial charge in [-0.25, -0.2) is 8.42 Å². The highest BCUT2D eigenvalue weighted by atomic mass is 32.2. The van der Waals surface area contributed by atoms with E-state index in [0.717, 1.165) is 19.3 Å². The predicted octanol–water partition coefficient (Wildman–Crippen LogP) is 1.32. The number of piperidine rings is 1. The number of hydrogen-bond acceptors (Lipinski definition) is 3. The van der Waals surface area contributed by atoms with Gasteiger partial charge in [0.05, 0.1) is 0 Å². The first-order valence-corrected chi connectivity index (χ1v) is 6.76. The zero-order valence-corrected chi connectivity index (χ0v) is 9.78. The van der Waals surface area contributed by atoms with Crippen molar-refractivity contribution in [2.45, 2.75) is 24.2 Å². The van der Waals surface area contributed by atoms with Crippen LogP contribution in [-0.4, -0.2) is 30.8 Å². The van der Waals surface area contributed by atoms with Crippen LogP contribution in [0.5, 0.6) is 0 Å². The van der Waals surface area contributed by atoms with Gasteiger partial charge in [0, 0.05) is 31.9 Å². The van der Waals surface area contributed by atoms with Gasteiger partial charge in [-0.05, 0) is 25.0 Å². The number of aromatic nitrogens is 1. The van der Waals surface area contributed by atoms with Gasteiger partial charge >= 0.3 is 0 Å². The second-order valence-electron chi connectivity index (χ2n) is 3.88. The zero-order valence-electron chi connectivity index (χ0n) is 8.96. The Morgan fingerprint density at radius 3 is 2.44 bits per heavy atom. The summed E-state index contributed by atoms with van der Waals surface area (Å²) >= 11 is 0. The van der Waals surface area contributed by atoms with Gasteiger partial charge in [0.15, 0.2) is 0 Å². The standard InChI is InChI=1S/C11H14N2O2S/c1-10-5-6-11(9-12-10)16(14,15)13-7-3-2-4-8-13/h1,5-6,9H,2-4,7-8H2. The molecule has 1 saturated heterocycles. The van der Waals surface area contributed by atoms with Crippen LogP contribution in [0.2, 0.25) is 0 Å². The Morgan fingerprint density at radius 1 is 1.19 bits per heavy atom. The van der Waals surface area contributed by atoms with Crippen molar-refractivity contribution in [2.75, 3.05) is 13.1 Å². The first-order valence-electron chi connectivity index (χ1n) is 5.32. The molecular formula is C11H14N2O2S. The van der Waals surface area contributed by atoms with Crippen LogP contribution in [-0.2, 0) is 10.0 Å². The Kier molecular flexibility index (Phi) is 3.25. The molecule has 0 unspecified atom stereocenters. The number of hydrogen-bond donors (Lipinski definition) is 0. The normalized spacial score (nSPS) is 18.6. The Labute approximate surface area is 96.4 Å². The highest BCUT2D eigenvalue weighted by Gasteiger charge is 2.25. The molecule has 0 bridgehead atoms. The molecule has 86 valence electrons. The number of pyridine rings is 1. The molecule has 0 saturated carbocycles. The summed E-state index contributed by atoms with van der Waals surface area (Å²) in [7, 11) is -3.36. The molecule has 1 aromatic rings. The maximum atomic E-state index is 12.1. The van der Waals surface area contributed by atoms with Crippen LogP contribution in [0.25, 0.3) is 0 Å². The van der Waals surface area contributed by atoms with Gasteiger partial charge in [-0.1, -0.05) is 6.42 Å². The quantitative estimate of drug-likeness (QED) is 0.780. The van der Waals surface area contributed by atoms with E-state index in [-0.39, 0.29) is 4.90 Å². The fraction of sp³-hybridized carbons (Fsp3) is 0.455. The van der Waals surface area contributed by atoms with Gasteiger partial charge in [0.2, 0.25) is 10.0 Å². The number of rotatable bonds is 2. The van der Waals surface area contributed by atoms with Crippen LogP contribution in [0, 0.1) is 6.92 Å². The van der Waals surface area contributed by atoms with Crippen LogP contribution in [0.3, 0.4) is 0 Å². The van der Waals surface area contributed by atoms with Crippen molar-refractivity contribution >= 4 is 10.0 Å². The average Bonchev–Trinajstić information content (AvgIpc) is 2.31. The van der Waals surface area contributed by atoms with Crippen LogP contribution in [0.4, 0.5) is 0 Å². The summed E-state index contributed by atoms with van der Waals surface area (Å²) in [5.74, 6) is 0. The van der Waals surface area contributed by atoms with E-state index in [4.69, 9.17) is 6.92 Å². The van der Waals surface area contributed by atoms with Gasteiger partial charge in [-0.15, -0.1) is 0 Å². The van der Waals surface area contributed by atoms with Crippen molar-refractivity contribution < 1.29 is 8.42 Å². The van der Waals surface area contributed by atoms with Crippen LogP contribution in [0.1, 0.15) is 25.0 Å². The highest BCUT2D eigenvalue weighted by molar-refractivity contribution is 7.89. The summed E-state index contributed by atoms with van der Waals surface area (Å²) in [6.07, 6.45) is 4.29. The second kappa shape index (κ2) is 4.51. The predicted molar refractivity (Wildman–Crippen MR) is 60.2 cm³/mol. The maximum Gasteiger partial charge on any atom is 0.244 e. The summed E-state index contributed by atoms with van der Waals surface area (Å²) < 4.78 is 25.8. The highest BCUT2D eigenvalue weighted by Crippen LogP contribution is 2.19. The summed E-state index contributed by atoms with van der Waals surface area (Å²) in [4.78, 5) is 4.04. The van der Waals surface area contributed by atoms with E-state index in [2.05, 4.69) is 4.98 Å². The van der Waals surface area contributed by atoms with Crippen LogP contribution < -0.4 is 0 Å². The van der Waals surface area contributed by atoms with E-state index in [0.29, 0.717) is 18.8 Å². The van der Waals surface area contributed by atoms with Crippen molar-refractivity contribution in [1.29, 1.82) is 0 Å². The van der Waals surface area contributed by atoms with Crippen molar-refractivity contribution in [3.05, 3.63) is 30.9 Å². The van der Waals surface area contributed by atoms with Gasteiger partial charge in [0.25, 0.3) is 0 Å². The Bertz CT molecular complexity index is 447. The minimum Gasteiger partial charge on any atom is -0.260 e. The molecule has 1 aliphatic rings. The number of nitrogens with zero attached hydrogens (tertiary/aromatic N) is 2. The fourth-order valence-corrected chi connectivity index (χ4v) is 3.26. The molecule has 2 heterocycles. The lowest BCUT2D eigenvalue weighted by Crippen LogP contribution is -2.35. The first kappa shape index (κ1) is 11.5. The van der Waals surface area contributed by atoms with Gasteiger partial charge in [-0.3, -0.25) is 4.98 Å². The lowest BCUT2D eigenvalue weighted by Gasteiger charge is -2.25. The lowest BCUT2D eigenvalue weighted by atomic mass is 10.2. The van der Waals surface area contributed by atoms with E-state index in [1.807, 2.05) is 0 Å². The van der Waals surface area contributed by atoms with Crippen LogP contribution >= 0.6 is 0 Å². The van der Waals surface area contributed by atoms with Crippen molar-refractivity contribution in [2.24, 2.45) is 0 Å². The first-order chi connectivity index (χ1) is 7.60. The molecule has 2 rings (SSSR count). The molecule has 1 aliphatic heterocycles. The van der Waals surface area contributed by atoms with Crippen molar-refractivity contribution in [3.8, 4) is 0 Å². The maximum absolute atomic E-state index is 12.1. The number of sulfonamides is 1. The molecule has 1 aromatic heterocycles. The van der Waals surface area contributed by atoms with E-state index in [9.17, 15) is 8.42 Å². The third-order valence-electron chi connectivity index (χ3n) is 2.71. The molecule has 0 N–H and O–H groups in total. The molecule has 0 amide bonds. The molecule has 2 radical (unpaired) electrons. The monoisotopic (exact) mass is 238 g/mol. The summed E-state index contributed by atoms with van der Waals surface area (Å²) in [5.41, 5.74) is 0.331. The topological polar surface area (TPSA) is 50.3 Å². The molecule has 5 heteroatoms. The van der Waals surface area contributed by atoms with E-state index < -0.39 is 10.0 Å². The summed E-state index contributed by atoms with van der Waals surface area (Å²) in [6.45, 7) is 6.64. The van der Waals surface area contributed by atoms with Crippen molar-refractivity contribution in [1.82, 2.24) is 9.29 Å². The Balaban J connectivity index is 2.27. The minimum atomic E-state index is -3.36. The average molecular weight is 238 g/mol. The van der Waals surface area contributed by atoms with Gasteiger partial charge < -0.3 is 0 Å². The molecule has 0 aliphatic carbocycles. The smallest absolute Gasteiger partial charge is 0.244 e. The third-order valence-corrected chi connectivity index (χ3v) is 4.59. The Hall–Kier alpha value is -0.940. The molecule has 4 nitrogen and oxygen atoms in total. The van der Waals surface area contributed by atoms with Crippen LogP contribution in [0.15, 0.2) is 23.2 Å². The molecule has 1 fully saturated rings. The molecular weight excluding hydrogens is 224 g/mol. The summed E-state index contributed by atoms with van der Waals surface area (Å²) in [5, 5.41) is 0. The molecule has 0 aromatic carbocycles. The van der Waals surface area contributed by atoms with Gasteiger partial charge in [0.1, 0.15) is 4.90 Å². The Morgan fingerprint density at radius 2 is 1.88 bits per heavy atom. The third kappa shape index (κ3) is 2.25. The van der Waals surface area contributed by atoms with Crippen molar-refractivity contribution in [3.63, 3.8) is 0 Å². The second-order valence-corrected chi connectivity index (χ2v) is 5.82. The zero-order chi connectivity index (χ0) is 11.6. The largest absolute Gasteiger partial charge is 0.260 e. The fourth-order valence-electron chi connectivity index (χ4n) is 1.80. The molecule has 16 heavy (non-hydrogen) atoms. The summed E-state index contributed by atoms with van der Waals surface area (Å²) in [6, 6.07) is 3.02. The minimum absolute atomic E-state index is 0.226. The SMILES string of the molecule is [CH]c1ccc(S(=O)(=O)N2CCCCC2)cn1. The van der Waals surface area contributed by atoms with E-state index in [1.54, 1.807) is 0 Å². The van der Waals surface area contributed by atoms with E-state index in [1.165, 1.54) is 22.6 Å².